The number of hydrogen-bond donors (Lipinski definition) is 0. The minimum Gasteiger partial charge on any atom is -0.308 e. The van der Waals surface area contributed by atoms with Gasteiger partial charge < -0.3 is 4.90 Å². The van der Waals surface area contributed by atoms with Gasteiger partial charge in [-0.3, -0.25) is 9.69 Å². The van der Waals surface area contributed by atoms with E-state index in [2.05, 4.69) is 4.98 Å². The normalized spacial score (nSPS) is 11.2. The maximum atomic E-state index is 13.4. The molecule has 130 valence electrons. The van der Waals surface area contributed by atoms with E-state index in [1.165, 1.54) is 23.5 Å². The van der Waals surface area contributed by atoms with Crippen LogP contribution in [0.15, 0.2) is 42.5 Å². The number of nitrogens with zero attached hydrogens (tertiary/aromatic N) is 3. The van der Waals surface area contributed by atoms with Crippen molar-refractivity contribution in [3.63, 3.8) is 0 Å². The van der Waals surface area contributed by atoms with Gasteiger partial charge in [0.05, 0.1) is 10.2 Å². The summed E-state index contributed by atoms with van der Waals surface area (Å²) in [6.07, 6.45) is 0. The Kier molecular flexibility index (Phi) is 5.32. The monoisotopic (exact) mass is 377 g/mol. The maximum absolute atomic E-state index is 13.4. The van der Waals surface area contributed by atoms with Gasteiger partial charge in [-0.05, 0) is 50.5 Å². The minimum absolute atomic E-state index is 0.177. The van der Waals surface area contributed by atoms with Crippen molar-refractivity contribution in [1.82, 2.24) is 9.88 Å². The largest absolute Gasteiger partial charge is 0.308 e. The van der Waals surface area contributed by atoms with Gasteiger partial charge in [0.15, 0.2) is 5.13 Å². The van der Waals surface area contributed by atoms with Crippen LogP contribution in [-0.2, 0) is 0 Å². The van der Waals surface area contributed by atoms with E-state index in [9.17, 15) is 9.18 Å². The van der Waals surface area contributed by atoms with Crippen molar-refractivity contribution in [2.75, 3.05) is 32.1 Å². The summed E-state index contributed by atoms with van der Waals surface area (Å²) >= 11 is 7.32. The van der Waals surface area contributed by atoms with Crippen LogP contribution in [0.3, 0.4) is 0 Å². The highest BCUT2D eigenvalue weighted by Crippen LogP contribution is 2.30. The first-order chi connectivity index (χ1) is 11.9. The number of amides is 1. The van der Waals surface area contributed by atoms with Crippen LogP contribution in [-0.4, -0.2) is 43.0 Å². The van der Waals surface area contributed by atoms with Crippen LogP contribution in [0.2, 0.25) is 5.02 Å². The number of aromatic nitrogens is 1. The SMILES string of the molecule is CN(C)CCN(C(=O)c1cccc(Cl)c1)c1nc2ccc(F)cc2s1. The molecule has 1 amide bonds. The summed E-state index contributed by atoms with van der Waals surface area (Å²) < 4.78 is 14.2. The van der Waals surface area contributed by atoms with Crippen LogP contribution in [0.5, 0.6) is 0 Å². The van der Waals surface area contributed by atoms with E-state index in [0.717, 1.165) is 0 Å². The molecule has 25 heavy (non-hydrogen) atoms. The quantitative estimate of drug-likeness (QED) is 0.665. The molecular formula is C18H17ClFN3OS. The van der Waals surface area contributed by atoms with Gasteiger partial charge in [0.1, 0.15) is 5.82 Å². The fraction of sp³-hybridized carbons (Fsp3) is 0.222. The molecule has 0 atom stereocenters. The first-order valence-corrected chi connectivity index (χ1v) is 8.92. The van der Waals surface area contributed by atoms with Crippen LogP contribution in [0.4, 0.5) is 9.52 Å². The number of thiazole rings is 1. The summed E-state index contributed by atoms with van der Waals surface area (Å²) in [7, 11) is 3.88. The molecule has 1 aromatic heterocycles. The van der Waals surface area contributed by atoms with Crippen molar-refractivity contribution in [2.45, 2.75) is 0 Å². The molecule has 0 spiro atoms. The third-order valence-electron chi connectivity index (χ3n) is 3.66. The number of hydrogen-bond acceptors (Lipinski definition) is 4. The first-order valence-electron chi connectivity index (χ1n) is 7.72. The Labute approximate surface area is 154 Å². The second kappa shape index (κ2) is 7.47. The molecule has 4 nitrogen and oxygen atoms in total. The first kappa shape index (κ1) is 17.8. The highest BCUT2D eigenvalue weighted by molar-refractivity contribution is 7.22. The molecule has 0 fully saturated rings. The van der Waals surface area contributed by atoms with Crippen LogP contribution < -0.4 is 4.90 Å². The Morgan fingerprint density at radius 1 is 1.20 bits per heavy atom. The van der Waals surface area contributed by atoms with Crippen LogP contribution in [0.1, 0.15) is 10.4 Å². The van der Waals surface area contributed by atoms with Gasteiger partial charge in [0, 0.05) is 23.7 Å². The molecule has 0 aliphatic heterocycles. The second-order valence-corrected chi connectivity index (χ2v) is 7.32. The molecule has 7 heteroatoms. The number of benzene rings is 2. The van der Waals surface area contributed by atoms with Gasteiger partial charge in [-0.2, -0.15) is 0 Å². The molecule has 3 aromatic rings. The van der Waals surface area contributed by atoms with Gasteiger partial charge >= 0.3 is 0 Å². The Balaban J connectivity index is 1.99. The molecule has 0 saturated heterocycles. The molecule has 0 N–H and O–H groups in total. The lowest BCUT2D eigenvalue weighted by atomic mass is 10.2. The number of likely N-dealkylation sites (N-methyl/N-ethyl adjacent to an activating group) is 1. The molecule has 0 radical (unpaired) electrons. The Morgan fingerprint density at radius 3 is 2.72 bits per heavy atom. The van der Waals surface area contributed by atoms with E-state index in [1.807, 2.05) is 19.0 Å². The average molecular weight is 378 g/mol. The summed E-state index contributed by atoms with van der Waals surface area (Å²) in [5.74, 6) is -0.493. The standard InChI is InChI=1S/C18H17ClFN3OS/c1-22(2)8-9-23(17(24)12-4-3-5-13(19)10-12)18-21-15-7-6-14(20)11-16(15)25-18/h3-7,10-11H,8-9H2,1-2H3. The molecular weight excluding hydrogens is 361 g/mol. The van der Waals surface area contributed by atoms with Gasteiger partial charge in [-0.15, -0.1) is 0 Å². The topological polar surface area (TPSA) is 36.4 Å². The zero-order chi connectivity index (χ0) is 18.0. The third kappa shape index (κ3) is 4.15. The zero-order valence-corrected chi connectivity index (χ0v) is 15.4. The Morgan fingerprint density at radius 2 is 2.00 bits per heavy atom. The second-order valence-electron chi connectivity index (χ2n) is 5.88. The third-order valence-corrected chi connectivity index (χ3v) is 4.93. The Hall–Kier alpha value is -2.02. The average Bonchev–Trinajstić information content (AvgIpc) is 2.97. The lowest BCUT2D eigenvalue weighted by Crippen LogP contribution is -2.36. The number of rotatable bonds is 5. The predicted molar refractivity (Wildman–Crippen MR) is 101 cm³/mol. The highest BCUT2D eigenvalue weighted by atomic mass is 35.5. The maximum Gasteiger partial charge on any atom is 0.260 e. The van der Waals surface area contributed by atoms with Crippen molar-refractivity contribution in [2.24, 2.45) is 0 Å². The van der Waals surface area contributed by atoms with E-state index in [0.29, 0.717) is 39.0 Å². The summed E-state index contributed by atoms with van der Waals surface area (Å²) in [5, 5.41) is 1.05. The van der Waals surface area contributed by atoms with Crippen molar-refractivity contribution >= 4 is 44.2 Å². The van der Waals surface area contributed by atoms with E-state index in [1.54, 1.807) is 35.2 Å². The predicted octanol–water partition coefficient (Wildman–Crippen LogP) is 4.30. The van der Waals surface area contributed by atoms with Crippen LogP contribution in [0, 0.1) is 5.82 Å². The van der Waals surface area contributed by atoms with Crippen LogP contribution in [0.25, 0.3) is 10.2 Å². The molecule has 3 rings (SSSR count). The lowest BCUT2D eigenvalue weighted by Gasteiger charge is -2.22. The number of halogens is 2. The van der Waals surface area contributed by atoms with Crippen molar-refractivity contribution in [3.8, 4) is 0 Å². The van der Waals surface area contributed by atoms with E-state index < -0.39 is 0 Å². The van der Waals surface area contributed by atoms with Crippen molar-refractivity contribution < 1.29 is 9.18 Å². The van der Waals surface area contributed by atoms with Gasteiger partial charge in [0.2, 0.25) is 0 Å². The molecule has 2 aromatic carbocycles. The smallest absolute Gasteiger partial charge is 0.260 e. The lowest BCUT2D eigenvalue weighted by molar-refractivity contribution is 0.0985. The summed E-state index contributed by atoms with van der Waals surface area (Å²) in [5.41, 5.74) is 1.17. The molecule has 0 aliphatic carbocycles. The van der Waals surface area contributed by atoms with Gasteiger partial charge in [-0.1, -0.05) is 29.0 Å². The van der Waals surface area contributed by atoms with Gasteiger partial charge in [-0.25, -0.2) is 9.37 Å². The summed E-state index contributed by atoms with van der Waals surface area (Å²) in [6, 6.07) is 11.3. The van der Waals surface area contributed by atoms with Gasteiger partial charge in [0.25, 0.3) is 5.91 Å². The molecule has 0 saturated carbocycles. The van der Waals surface area contributed by atoms with E-state index >= 15 is 0 Å². The molecule has 0 aliphatic rings. The minimum atomic E-state index is -0.316. The van der Waals surface area contributed by atoms with E-state index in [4.69, 9.17) is 11.6 Å². The number of anilines is 1. The Bertz CT molecular complexity index is 912. The highest BCUT2D eigenvalue weighted by Gasteiger charge is 2.21. The van der Waals surface area contributed by atoms with E-state index in [-0.39, 0.29) is 11.7 Å². The zero-order valence-electron chi connectivity index (χ0n) is 13.9. The number of carbonyl (C=O) groups excluding carboxylic acids is 1. The fourth-order valence-electron chi connectivity index (χ4n) is 2.36. The number of fused-ring (bicyclic) bond motifs is 1. The summed E-state index contributed by atoms with van der Waals surface area (Å²) in [6.45, 7) is 1.15. The molecule has 0 unspecified atom stereocenters. The number of carbonyl (C=O) groups is 1. The molecule has 1 heterocycles. The van der Waals surface area contributed by atoms with Crippen molar-refractivity contribution in [1.29, 1.82) is 0 Å². The fourth-order valence-corrected chi connectivity index (χ4v) is 3.57. The van der Waals surface area contributed by atoms with Crippen LogP contribution >= 0.6 is 22.9 Å². The molecule has 0 bridgehead atoms. The summed E-state index contributed by atoms with van der Waals surface area (Å²) in [4.78, 5) is 21.1. The van der Waals surface area contributed by atoms with Crippen molar-refractivity contribution in [3.05, 3.63) is 58.9 Å².